The Kier molecular flexibility index (Phi) is 3.92. The van der Waals surface area contributed by atoms with Crippen LogP contribution in [0.4, 0.5) is 4.39 Å². The third-order valence-electron chi connectivity index (χ3n) is 3.44. The van der Waals surface area contributed by atoms with E-state index < -0.39 is 18.0 Å². The van der Waals surface area contributed by atoms with Crippen LogP contribution in [-0.2, 0) is 6.61 Å². The van der Waals surface area contributed by atoms with Crippen LogP contribution in [0.15, 0.2) is 41.2 Å². The van der Waals surface area contributed by atoms with Gasteiger partial charge in [0.15, 0.2) is 5.82 Å². The van der Waals surface area contributed by atoms with Gasteiger partial charge in [-0.25, -0.2) is 9.37 Å². The molecule has 114 valence electrons. The molecule has 0 bridgehead atoms. The quantitative estimate of drug-likeness (QED) is 0.678. The van der Waals surface area contributed by atoms with Gasteiger partial charge in [-0.2, -0.15) is 0 Å². The summed E-state index contributed by atoms with van der Waals surface area (Å²) in [5, 5.41) is 9.31. The van der Waals surface area contributed by atoms with Crippen LogP contribution in [0.25, 0.3) is 11.0 Å². The molecular weight excluding hydrogens is 295 g/mol. The third-order valence-corrected chi connectivity index (χ3v) is 3.44. The molecule has 0 fully saturated rings. The Balaban J connectivity index is 2.28. The molecule has 0 unspecified atom stereocenters. The van der Waals surface area contributed by atoms with Gasteiger partial charge < -0.3 is 10.1 Å². The molecule has 23 heavy (non-hydrogen) atoms. The summed E-state index contributed by atoms with van der Waals surface area (Å²) in [7, 11) is 0. The van der Waals surface area contributed by atoms with E-state index in [0.717, 1.165) is 5.56 Å². The van der Waals surface area contributed by atoms with Crippen LogP contribution in [-0.4, -0.2) is 15.1 Å². The van der Waals surface area contributed by atoms with Gasteiger partial charge in [-0.1, -0.05) is 30.0 Å². The van der Waals surface area contributed by atoms with Crippen molar-refractivity contribution in [1.82, 2.24) is 9.97 Å². The average Bonchev–Trinajstić information content (AvgIpc) is 2.57. The molecule has 0 aliphatic carbocycles. The largest absolute Gasteiger partial charge is 0.392 e. The van der Waals surface area contributed by atoms with E-state index in [1.165, 1.54) is 6.07 Å². The van der Waals surface area contributed by atoms with E-state index in [2.05, 4.69) is 21.8 Å². The number of aryl methyl sites for hydroxylation is 1. The fourth-order valence-corrected chi connectivity index (χ4v) is 2.23. The van der Waals surface area contributed by atoms with Crippen LogP contribution in [0.2, 0.25) is 0 Å². The highest BCUT2D eigenvalue weighted by Gasteiger charge is 2.14. The SMILES string of the molecule is Cc1nc2c(C#Cc3ccccc3)cc(CO)c(F)c2[nH]c1=O. The molecule has 0 saturated carbocycles. The Labute approximate surface area is 131 Å². The first-order valence-corrected chi connectivity index (χ1v) is 7.00. The highest BCUT2D eigenvalue weighted by Crippen LogP contribution is 2.21. The van der Waals surface area contributed by atoms with Gasteiger partial charge in [0.2, 0.25) is 0 Å². The van der Waals surface area contributed by atoms with Gasteiger partial charge in [0.05, 0.1) is 12.2 Å². The van der Waals surface area contributed by atoms with E-state index in [9.17, 15) is 14.3 Å². The molecule has 0 spiro atoms. The summed E-state index contributed by atoms with van der Waals surface area (Å²) in [4.78, 5) is 18.3. The maximum Gasteiger partial charge on any atom is 0.269 e. The van der Waals surface area contributed by atoms with E-state index in [4.69, 9.17) is 0 Å². The number of aliphatic hydroxyl groups excluding tert-OH is 1. The molecule has 5 heteroatoms. The second-order valence-corrected chi connectivity index (χ2v) is 5.05. The van der Waals surface area contributed by atoms with Gasteiger partial charge in [0.25, 0.3) is 5.56 Å². The number of aliphatic hydroxyl groups is 1. The van der Waals surface area contributed by atoms with E-state index in [-0.39, 0.29) is 22.3 Å². The molecule has 3 aromatic rings. The number of nitrogens with one attached hydrogen (secondary N) is 1. The number of nitrogens with zero attached hydrogens (tertiary/aromatic N) is 1. The molecule has 1 heterocycles. The third kappa shape index (κ3) is 2.85. The van der Waals surface area contributed by atoms with Crippen molar-refractivity contribution in [2.75, 3.05) is 0 Å². The predicted molar refractivity (Wildman–Crippen MR) is 85.4 cm³/mol. The number of aromatic nitrogens is 2. The van der Waals surface area contributed by atoms with Crippen LogP contribution in [0.1, 0.15) is 22.4 Å². The van der Waals surface area contributed by atoms with Crippen LogP contribution in [0.3, 0.4) is 0 Å². The fourth-order valence-electron chi connectivity index (χ4n) is 2.23. The van der Waals surface area contributed by atoms with Crippen molar-refractivity contribution >= 4 is 11.0 Å². The maximum absolute atomic E-state index is 14.3. The summed E-state index contributed by atoms with van der Waals surface area (Å²) in [5.41, 5.74) is 1.33. The highest BCUT2D eigenvalue weighted by molar-refractivity contribution is 5.83. The summed E-state index contributed by atoms with van der Waals surface area (Å²) < 4.78 is 14.3. The monoisotopic (exact) mass is 308 g/mol. The molecule has 0 atom stereocenters. The number of H-pyrrole nitrogens is 1. The van der Waals surface area contributed by atoms with Crippen molar-refractivity contribution in [1.29, 1.82) is 0 Å². The number of halogens is 1. The maximum atomic E-state index is 14.3. The average molecular weight is 308 g/mol. The molecule has 0 saturated heterocycles. The summed E-state index contributed by atoms with van der Waals surface area (Å²) in [6.07, 6.45) is 0. The molecular formula is C18H13FN2O2. The Bertz CT molecular complexity index is 999. The Hall–Kier alpha value is -2.97. The number of hydrogen-bond acceptors (Lipinski definition) is 3. The smallest absolute Gasteiger partial charge is 0.269 e. The lowest BCUT2D eigenvalue weighted by molar-refractivity contribution is 0.276. The van der Waals surface area contributed by atoms with Gasteiger partial charge in [0, 0.05) is 11.1 Å². The number of hydrogen-bond donors (Lipinski definition) is 2. The first-order chi connectivity index (χ1) is 11.1. The highest BCUT2D eigenvalue weighted by atomic mass is 19.1. The van der Waals surface area contributed by atoms with Crippen LogP contribution in [0.5, 0.6) is 0 Å². The van der Waals surface area contributed by atoms with Gasteiger partial charge in [-0.15, -0.1) is 0 Å². The van der Waals surface area contributed by atoms with E-state index in [1.54, 1.807) is 6.92 Å². The van der Waals surface area contributed by atoms with Crippen molar-refractivity contribution < 1.29 is 9.50 Å². The number of fused-ring (bicyclic) bond motifs is 1. The zero-order valence-corrected chi connectivity index (χ0v) is 12.4. The Morgan fingerprint density at radius 1 is 1.26 bits per heavy atom. The Morgan fingerprint density at radius 3 is 2.70 bits per heavy atom. The van der Waals surface area contributed by atoms with Gasteiger partial charge >= 0.3 is 0 Å². The van der Waals surface area contributed by atoms with Crippen molar-refractivity contribution in [2.45, 2.75) is 13.5 Å². The minimum absolute atomic E-state index is 0.0375. The van der Waals surface area contributed by atoms with Crippen molar-refractivity contribution in [3.63, 3.8) is 0 Å². The lowest BCUT2D eigenvalue weighted by Gasteiger charge is -2.07. The normalized spacial score (nSPS) is 10.4. The minimum atomic E-state index is -0.683. The molecule has 0 amide bonds. The molecule has 1 aromatic heterocycles. The van der Waals surface area contributed by atoms with Crippen molar-refractivity contribution in [2.24, 2.45) is 0 Å². The minimum Gasteiger partial charge on any atom is -0.392 e. The second kappa shape index (κ2) is 6.03. The summed E-state index contributed by atoms with van der Waals surface area (Å²) in [6, 6.07) is 10.8. The molecule has 0 radical (unpaired) electrons. The van der Waals surface area contributed by atoms with Gasteiger partial charge in [0.1, 0.15) is 16.7 Å². The number of aromatic amines is 1. The van der Waals surface area contributed by atoms with Gasteiger partial charge in [-0.3, -0.25) is 4.79 Å². The standard InChI is InChI=1S/C18H13FN2O2/c1-11-18(23)21-17-15(19)14(10-22)9-13(16(17)20-11)8-7-12-5-3-2-4-6-12/h2-6,9,22H,10H2,1H3,(H,21,23). The first kappa shape index (κ1) is 14.9. The molecule has 0 aliphatic rings. The molecule has 2 N–H and O–H groups in total. The van der Waals surface area contributed by atoms with Crippen molar-refractivity contribution in [3.8, 4) is 11.8 Å². The van der Waals surface area contributed by atoms with Gasteiger partial charge in [-0.05, 0) is 25.1 Å². The lowest BCUT2D eigenvalue weighted by atomic mass is 10.1. The first-order valence-electron chi connectivity index (χ1n) is 7.00. The topological polar surface area (TPSA) is 66.0 Å². The van der Waals surface area contributed by atoms with E-state index in [1.807, 2.05) is 30.3 Å². The molecule has 2 aromatic carbocycles. The fraction of sp³-hybridized carbons (Fsp3) is 0.111. The zero-order chi connectivity index (χ0) is 16.4. The molecule has 4 nitrogen and oxygen atoms in total. The number of benzene rings is 2. The Morgan fingerprint density at radius 2 is 2.00 bits per heavy atom. The summed E-state index contributed by atoms with van der Waals surface area (Å²) in [5.74, 6) is 5.23. The summed E-state index contributed by atoms with van der Waals surface area (Å²) in [6.45, 7) is 1.06. The van der Waals surface area contributed by atoms with Crippen molar-refractivity contribution in [3.05, 3.63) is 75.0 Å². The number of rotatable bonds is 1. The van der Waals surface area contributed by atoms with Crippen LogP contribution in [0, 0.1) is 24.6 Å². The van der Waals surface area contributed by atoms with E-state index in [0.29, 0.717) is 5.56 Å². The summed E-state index contributed by atoms with van der Waals surface area (Å²) >= 11 is 0. The van der Waals surface area contributed by atoms with Crippen LogP contribution >= 0.6 is 0 Å². The van der Waals surface area contributed by atoms with Crippen LogP contribution < -0.4 is 5.56 Å². The molecule has 0 aliphatic heterocycles. The zero-order valence-electron chi connectivity index (χ0n) is 12.4. The lowest BCUT2D eigenvalue weighted by Crippen LogP contribution is -2.13. The predicted octanol–water partition coefficient (Wildman–Crippen LogP) is 2.26. The second-order valence-electron chi connectivity index (χ2n) is 5.05. The molecule has 3 rings (SSSR count). The van der Waals surface area contributed by atoms with E-state index >= 15 is 0 Å².